The van der Waals surface area contributed by atoms with Gasteiger partial charge in [-0.2, -0.15) is 0 Å². The minimum Gasteiger partial charge on any atom is -0.418 e. The van der Waals surface area contributed by atoms with Gasteiger partial charge in [-0.05, 0) is 12.8 Å². The van der Waals surface area contributed by atoms with Crippen LogP contribution in [0.3, 0.4) is 0 Å². The van der Waals surface area contributed by atoms with Crippen LogP contribution < -0.4 is 4.57 Å². The molecule has 0 amide bonds. The van der Waals surface area contributed by atoms with Crippen molar-refractivity contribution >= 4 is 13.5 Å². The molecule has 0 atom stereocenters. The Kier molecular flexibility index (Phi) is 18.9. The maximum absolute atomic E-state index is 9.75. The van der Waals surface area contributed by atoms with Gasteiger partial charge in [-0.25, -0.2) is 9.13 Å². The lowest BCUT2D eigenvalue weighted by Gasteiger charge is -2.03. The van der Waals surface area contributed by atoms with Crippen molar-refractivity contribution in [3.8, 4) is 0 Å². The second-order valence-corrected chi connectivity index (χ2v) is 8.08. The Balaban J connectivity index is 0.00000150. The van der Waals surface area contributed by atoms with Crippen molar-refractivity contribution in [3.63, 3.8) is 0 Å². The van der Waals surface area contributed by atoms with E-state index in [1.807, 2.05) is 10.8 Å². The van der Waals surface area contributed by atoms with E-state index in [-0.39, 0.29) is 0 Å². The van der Waals surface area contributed by atoms with E-state index >= 15 is 0 Å². The summed E-state index contributed by atoms with van der Waals surface area (Å²) in [6.07, 6.45) is 31.0. The molecule has 0 saturated heterocycles. The fourth-order valence-corrected chi connectivity index (χ4v) is 3.49. The van der Waals surface area contributed by atoms with Crippen molar-refractivity contribution in [1.29, 1.82) is 0 Å². The van der Waals surface area contributed by atoms with Crippen LogP contribution in [0.25, 0.3) is 6.20 Å². The summed E-state index contributed by atoms with van der Waals surface area (Å²) >= 11 is 0. The summed E-state index contributed by atoms with van der Waals surface area (Å²) < 4.78 is 43.3. The van der Waals surface area contributed by atoms with Crippen LogP contribution in [0.15, 0.2) is 25.3 Å². The van der Waals surface area contributed by atoms with Crippen LogP contribution in [0.5, 0.6) is 0 Å². The number of aromatic nitrogens is 2. The zero-order valence-electron chi connectivity index (χ0n) is 19.0. The summed E-state index contributed by atoms with van der Waals surface area (Å²) in [5.74, 6) is 0. The van der Waals surface area contributed by atoms with Crippen LogP contribution >= 0.6 is 0 Å². The third-order valence-electron chi connectivity index (χ3n) is 5.19. The normalized spacial score (nSPS) is 11.2. The molecule has 0 unspecified atom stereocenters. The van der Waals surface area contributed by atoms with Crippen LogP contribution in [-0.4, -0.2) is 11.8 Å². The largest absolute Gasteiger partial charge is 0.673 e. The standard InChI is InChI=1S/C23H43N2.BF4/c1-3-5-6-7-8-9-10-11-12-13-14-15-16-17-18-19-20-25-22-21-24(4-2)23-25;2-1(3,4)5/h4,21-23H,2-3,5-20H2,1H3;/q+1;-1. The van der Waals surface area contributed by atoms with Gasteiger partial charge in [0.1, 0.15) is 12.4 Å². The molecule has 1 aromatic rings. The molecule has 1 aromatic heterocycles. The topological polar surface area (TPSA) is 8.81 Å². The van der Waals surface area contributed by atoms with E-state index in [1.54, 1.807) is 0 Å². The van der Waals surface area contributed by atoms with Crippen molar-refractivity contribution < 1.29 is 21.8 Å². The predicted octanol–water partition coefficient (Wildman–Crippen LogP) is 8.44. The molecule has 0 bridgehead atoms. The molecule has 1 heterocycles. The molecule has 7 heteroatoms. The fourth-order valence-electron chi connectivity index (χ4n) is 3.49. The van der Waals surface area contributed by atoms with Gasteiger partial charge in [0.15, 0.2) is 0 Å². The highest BCUT2D eigenvalue weighted by Crippen LogP contribution is 2.13. The van der Waals surface area contributed by atoms with Crippen LogP contribution in [0.2, 0.25) is 0 Å². The van der Waals surface area contributed by atoms with Crippen LogP contribution in [0.1, 0.15) is 110 Å². The van der Waals surface area contributed by atoms with Gasteiger partial charge in [0.25, 0.3) is 0 Å². The lowest BCUT2D eigenvalue weighted by Crippen LogP contribution is -2.30. The maximum atomic E-state index is 9.75. The number of hydrogen-bond donors (Lipinski definition) is 0. The summed E-state index contributed by atoms with van der Waals surface area (Å²) in [5, 5.41) is 0. The summed E-state index contributed by atoms with van der Waals surface area (Å²) in [6, 6.07) is 0. The van der Waals surface area contributed by atoms with Gasteiger partial charge in [0.05, 0.1) is 12.7 Å². The Morgan fingerprint density at radius 2 is 1.10 bits per heavy atom. The van der Waals surface area contributed by atoms with E-state index in [9.17, 15) is 17.3 Å². The molecule has 0 fully saturated rings. The highest BCUT2D eigenvalue weighted by Gasteiger charge is 2.20. The van der Waals surface area contributed by atoms with Crippen LogP contribution in [0, 0.1) is 0 Å². The van der Waals surface area contributed by atoms with Gasteiger partial charge >= 0.3 is 7.25 Å². The second-order valence-electron chi connectivity index (χ2n) is 8.08. The molecule has 30 heavy (non-hydrogen) atoms. The zero-order chi connectivity index (χ0) is 22.5. The number of halogens is 4. The van der Waals surface area contributed by atoms with Gasteiger partial charge in [-0.3, -0.25) is 0 Å². The first-order valence-electron chi connectivity index (χ1n) is 11.9. The number of hydrogen-bond acceptors (Lipinski definition) is 0. The Morgan fingerprint density at radius 1 is 0.733 bits per heavy atom. The average molecular weight is 434 g/mol. The van der Waals surface area contributed by atoms with Gasteiger partial charge in [0.2, 0.25) is 6.33 Å². The molecule has 0 aromatic carbocycles. The van der Waals surface area contributed by atoms with E-state index in [0.717, 1.165) is 6.54 Å². The molecule has 2 nitrogen and oxygen atoms in total. The molecule has 176 valence electrons. The number of imidazole rings is 1. The maximum Gasteiger partial charge on any atom is 0.673 e. The quantitative estimate of drug-likeness (QED) is 0.0949. The van der Waals surface area contributed by atoms with Crippen molar-refractivity contribution in [2.24, 2.45) is 0 Å². The lowest BCUT2D eigenvalue weighted by atomic mass is 10.0. The molecule has 0 N–H and O–H groups in total. The first-order valence-corrected chi connectivity index (χ1v) is 11.9. The third kappa shape index (κ3) is 23.0. The Hall–Kier alpha value is -1.27. The smallest absolute Gasteiger partial charge is 0.418 e. The third-order valence-corrected chi connectivity index (χ3v) is 5.19. The van der Waals surface area contributed by atoms with Gasteiger partial charge < -0.3 is 17.3 Å². The predicted molar refractivity (Wildman–Crippen MR) is 121 cm³/mol. The van der Waals surface area contributed by atoms with Crippen molar-refractivity contribution in [1.82, 2.24) is 4.57 Å². The Labute approximate surface area is 181 Å². The van der Waals surface area contributed by atoms with Crippen molar-refractivity contribution in [2.45, 2.75) is 116 Å². The summed E-state index contributed by atoms with van der Waals surface area (Å²) in [5.41, 5.74) is 0. The van der Waals surface area contributed by atoms with Crippen molar-refractivity contribution in [3.05, 3.63) is 25.3 Å². The van der Waals surface area contributed by atoms with Crippen LogP contribution in [0.4, 0.5) is 17.3 Å². The van der Waals surface area contributed by atoms with Gasteiger partial charge in [0, 0.05) is 0 Å². The Morgan fingerprint density at radius 3 is 1.43 bits per heavy atom. The zero-order valence-corrected chi connectivity index (χ0v) is 19.0. The highest BCUT2D eigenvalue weighted by molar-refractivity contribution is 6.50. The van der Waals surface area contributed by atoms with E-state index in [0.29, 0.717) is 0 Å². The number of unbranched alkanes of at least 4 members (excludes halogenated alkanes) is 15. The minimum absolute atomic E-state index is 1.14. The molecule has 0 aliphatic heterocycles. The average Bonchev–Trinajstić information content (AvgIpc) is 3.14. The molecule has 0 saturated carbocycles. The molecular weight excluding hydrogens is 391 g/mol. The molecular formula is C23H43BF4N2. The second kappa shape index (κ2) is 19.7. The monoisotopic (exact) mass is 434 g/mol. The number of aryl methyl sites for hydroxylation is 1. The SMILES string of the molecule is C=Cn1cc[n+](CCCCCCCCCCCCCCCCCC)c1.F[B-](F)(F)F. The highest BCUT2D eigenvalue weighted by atomic mass is 19.5. The Bertz CT molecular complexity index is 498. The fraction of sp³-hybridized carbons (Fsp3) is 0.783. The minimum atomic E-state index is -6.00. The summed E-state index contributed by atoms with van der Waals surface area (Å²) in [7, 11) is -6.00. The van der Waals surface area contributed by atoms with E-state index in [2.05, 4.69) is 36.8 Å². The van der Waals surface area contributed by atoms with Crippen molar-refractivity contribution in [2.75, 3.05) is 0 Å². The van der Waals surface area contributed by atoms with Gasteiger partial charge in [-0.1, -0.05) is 103 Å². The molecule has 1 rings (SSSR count). The van der Waals surface area contributed by atoms with E-state index < -0.39 is 7.25 Å². The first kappa shape index (κ1) is 28.7. The number of nitrogens with zero attached hydrogens (tertiary/aromatic N) is 2. The van der Waals surface area contributed by atoms with E-state index in [1.165, 1.54) is 103 Å². The first-order chi connectivity index (χ1) is 14.4. The van der Waals surface area contributed by atoms with E-state index in [4.69, 9.17) is 0 Å². The lowest BCUT2D eigenvalue weighted by molar-refractivity contribution is -0.696. The number of rotatable bonds is 18. The van der Waals surface area contributed by atoms with Crippen LogP contribution in [-0.2, 0) is 6.54 Å². The molecule has 0 aliphatic carbocycles. The molecule has 0 radical (unpaired) electrons. The summed E-state index contributed by atoms with van der Waals surface area (Å²) in [6.45, 7) is 7.21. The van der Waals surface area contributed by atoms with Gasteiger partial charge in [-0.15, -0.1) is 0 Å². The summed E-state index contributed by atoms with van der Waals surface area (Å²) in [4.78, 5) is 0. The molecule has 0 aliphatic rings. The molecule has 0 spiro atoms.